The molecule has 0 aromatic heterocycles. The van der Waals surface area contributed by atoms with Gasteiger partial charge in [-0.05, 0) is 54.1 Å². The molecule has 4 nitrogen and oxygen atoms in total. The zero-order valence-electron chi connectivity index (χ0n) is 12.5. The van der Waals surface area contributed by atoms with E-state index >= 15 is 0 Å². The van der Waals surface area contributed by atoms with Crippen LogP contribution in [0.15, 0.2) is 0 Å². The molecule has 4 heteroatoms. The third kappa shape index (κ3) is 3.95. The molecule has 1 rings (SSSR count). The molecule has 0 radical (unpaired) electrons. The van der Waals surface area contributed by atoms with Gasteiger partial charge in [-0.1, -0.05) is 0 Å². The molecule has 0 atom stereocenters. The summed E-state index contributed by atoms with van der Waals surface area (Å²) in [6.45, 7) is 12.4. The molecule has 1 fully saturated rings. The smallest absolute Gasteiger partial charge is 0.309 e. The number of aliphatic carboxylic acids is 1. The summed E-state index contributed by atoms with van der Waals surface area (Å²) in [6.07, 6.45) is 1.70. The number of carboxylic acid groups (broad SMARTS) is 1. The van der Waals surface area contributed by atoms with Crippen molar-refractivity contribution < 1.29 is 9.90 Å². The highest BCUT2D eigenvalue weighted by Gasteiger charge is 2.31. The van der Waals surface area contributed by atoms with E-state index in [1.807, 2.05) is 13.8 Å². The summed E-state index contributed by atoms with van der Waals surface area (Å²) in [5.74, 6) is -0.693. The van der Waals surface area contributed by atoms with Gasteiger partial charge in [-0.3, -0.25) is 9.69 Å². The van der Waals surface area contributed by atoms with Crippen molar-refractivity contribution in [2.45, 2.75) is 46.1 Å². The van der Waals surface area contributed by atoms with E-state index < -0.39 is 11.4 Å². The van der Waals surface area contributed by atoms with Crippen molar-refractivity contribution in [2.75, 3.05) is 33.2 Å². The lowest BCUT2D eigenvalue weighted by Crippen LogP contribution is -2.57. The maximum Gasteiger partial charge on any atom is 0.309 e. The van der Waals surface area contributed by atoms with Gasteiger partial charge in [0.05, 0.1) is 5.41 Å². The van der Waals surface area contributed by atoms with Gasteiger partial charge >= 0.3 is 5.97 Å². The third-order valence-electron chi connectivity index (χ3n) is 4.25. The van der Waals surface area contributed by atoms with Crippen LogP contribution < -0.4 is 0 Å². The number of carbonyl (C=O) groups is 1. The predicted octanol–water partition coefficient (Wildman–Crippen LogP) is 1.90. The van der Waals surface area contributed by atoms with Crippen LogP contribution in [0.3, 0.4) is 0 Å². The van der Waals surface area contributed by atoms with E-state index in [4.69, 9.17) is 5.11 Å². The Balaban J connectivity index is 2.35. The van der Waals surface area contributed by atoms with Crippen molar-refractivity contribution in [1.29, 1.82) is 0 Å². The lowest BCUT2D eigenvalue weighted by molar-refractivity contribution is -0.147. The quantitative estimate of drug-likeness (QED) is 0.816. The van der Waals surface area contributed by atoms with Gasteiger partial charge in [-0.15, -0.1) is 0 Å². The van der Waals surface area contributed by atoms with Crippen molar-refractivity contribution >= 4 is 5.97 Å². The predicted molar refractivity (Wildman–Crippen MR) is 73.8 cm³/mol. The summed E-state index contributed by atoms with van der Waals surface area (Å²) in [5, 5.41) is 9.08. The minimum absolute atomic E-state index is 0.223. The summed E-state index contributed by atoms with van der Waals surface area (Å²) in [4.78, 5) is 15.9. The van der Waals surface area contributed by atoms with Crippen LogP contribution in [0.1, 0.15) is 40.5 Å². The highest BCUT2D eigenvalue weighted by atomic mass is 16.4. The van der Waals surface area contributed by atoms with Crippen LogP contribution in [0.25, 0.3) is 0 Å². The maximum absolute atomic E-state index is 11.0. The number of rotatable bonds is 5. The molecule has 1 aliphatic rings. The molecule has 0 aromatic carbocycles. The SMILES string of the molecule is CN1CCN(CCCC(C)(C)C(=O)O)CC1(C)C. The molecule has 1 saturated heterocycles. The van der Waals surface area contributed by atoms with Gasteiger partial charge in [-0.2, -0.15) is 0 Å². The Hall–Kier alpha value is -0.610. The normalized spacial score (nSPS) is 22.1. The Morgan fingerprint density at radius 2 is 1.94 bits per heavy atom. The summed E-state index contributed by atoms with van der Waals surface area (Å²) in [5.41, 5.74) is -0.372. The highest BCUT2D eigenvalue weighted by molar-refractivity contribution is 5.73. The summed E-state index contributed by atoms with van der Waals surface area (Å²) < 4.78 is 0. The van der Waals surface area contributed by atoms with E-state index in [0.29, 0.717) is 0 Å². The molecule has 0 unspecified atom stereocenters. The number of piperazine rings is 1. The molecule has 1 aliphatic heterocycles. The van der Waals surface area contributed by atoms with E-state index in [-0.39, 0.29) is 5.54 Å². The molecule has 0 bridgehead atoms. The lowest BCUT2D eigenvalue weighted by Gasteiger charge is -2.45. The number of carboxylic acids is 1. The zero-order chi connectivity index (χ0) is 14.0. The Morgan fingerprint density at radius 3 is 2.44 bits per heavy atom. The van der Waals surface area contributed by atoms with Gasteiger partial charge < -0.3 is 10.0 Å². The van der Waals surface area contributed by atoms with Crippen LogP contribution >= 0.6 is 0 Å². The first-order chi connectivity index (χ1) is 8.15. The van der Waals surface area contributed by atoms with Gasteiger partial charge in [0.2, 0.25) is 0 Å². The first kappa shape index (κ1) is 15.4. The molecule has 0 spiro atoms. The lowest BCUT2D eigenvalue weighted by atomic mass is 9.88. The van der Waals surface area contributed by atoms with Crippen LogP contribution in [0, 0.1) is 5.41 Å². The van der Waals surface area contributed by atoms with Crippen LogP contribution in [0.4, 0.5) is 0 Å². The fourth-order valence-corrected chi connectivity index (χ4v) is 2.38. The molecular weight excluding hydrogens is 228 g/mol. The number of likely N-dealkylation sites (N-methyl/N-ethyl adjacent to an activating group) is 1. The Kier molecular flexibility index (Phi) is 4.78. The van der Waals surface area contributed by atoms with Crippen molar-refractivity contribution in [3.63, 3.8) is 0 Å². The van der Waals surface area contributed by atoms with Gasteiger partial charge in [0.25, 0.3) is 0 Å². The fourth-order valence-electron chi connectivity index (χ4n) is 2.38. The van der Waals surface area contributed by atoms with Crippen molar-refractivity contribution in [2.24, 2.45) is 5.41 Å². The van der Waals surface area contributed by atoms with E-state index in [9.17, 15) is 4.79 Å². The monoisotopic (exact) mass is 256 g/mol. The zero-order valence-corrected chi connectivity index (χ0v) is 12.5. The van der Waals surface area contributed by atoms with Crippen LogP contribution in [-0.4, -0.2) is 59.6 Å². The average Bonchev–Trinajstić information content (AvgIpc) is 2.22. The topological polar surface area (TPSA) is 43.8 Å². The molecule has 0 aliphatic carbocycles. The van der Waals surface area contributed by atoms with E-state index in [1.165, 1.54) is 0 Å². The Labute approximate surface area is 111 Å². The Bertz CT molecular complexity index is 300. The summed E-state index contributed by atoms with van der Waals surface area (Å²) in [7, 11) is 2.17. The minimum atomic E-state index is -0.693. The molecule has 1 heterocycles. The van der Waals surface area contributed by atoms with Crippen LogP contribution in [0.5, 0.6) is 0 Å². The maximum atomic E-state index is 11.0. The van der Waals surface area contributed by atoms with Gasteiger partial charge in [0.15, 0.2) is 0 Å². The third-order valence-corrected chi connectivity index (χ3v) is 4.25. The number of hydrogen-bond donors (Lipinski definition) is 1. The van der Waals surface area contributed by atoms with Gasteiger partial charge in [-0.25, -0.2) is 0 Å². The van der Waals surface area contributed by atoms with Crippen LogP contribution in [0.2, 0.25) is 0 Å². The first-order valence-corrected chi connectivity index (χ1v) is 6.82. The standard InChI is InChI=1S/C14H28N2O2/c1-13(2,12(17)18)7-6-8-16-10-9-15(5)14(3,4)11-16/h6-11H2,1-5H3,(H,17,18). The largest absolute Gasteiger partial charge is 0.481 e. The highest BCUT2D eigenvalue weighted by Crippen LogP contribution is 2.24. The van der Waals surface area contributed by atoms with Crippen molar-refractivity contribution in [3.05, 3.63) is 0 Å². The van der Waals surface area contributed by atoms with Crippen LogP contribution in [-0.2, 0) is 4.79 Å². The number of hydrogen-bond acceptors (Lipinski definition) is 3. The number of nitrogens with zero attached hydrogens (tertiary/aromatic N) is 2. The molecule has 0 saturated carbocycles. The fraction of sp³-hybridized carbons (Fsp3) is 0.929. The van der Waals surface area contributed by atoms with E-state index in [2.05, 4.69) is 30.7 Å². The first-order valence-electron chi connectivity index (χ1n) is 6.82. The van der Waals surface area contributed by atoms with Gasteiger partial charge in [0, 0.05) is 25.2 Å². The molecular formula is C14H28N2O2. The molecule has 0 aromatic rings. The second-order valence-corrected chi connectivity index (χ2v) is 6.80. The van der Waals surface area contributed by atoms with E-state index in [1.54, 1.807) is 0 Å². The minimum Gasteiger partial charge on any atom is -0.481 e. The molecule has 18 heavy (non-hydrogen) atoms. The van der Waals surface area contributed by atoms with Gasteiger partial charge in [0.1, 0.15) is 0 Å². The molecule has 106 valence electrons. The summed E-state index contributed by atoms with van der Waals surface area (Å²) in [6, 6.07) is 0. The second kappa shape index (κ2) is 5.57. The average molecular weight is 256 g/mol. The summed E-state index contributed by atoms with van der Waals surface area (Å²) >= 11 is 0. The van der Waals surface area contributed by atoms with Crippen molar-refractivity contribution in [1.82, 2.24) is 9.80 Å². The van der Waals surface area contributed by atoms with Crippen molar-refractivity contribution in [3.8, 4) is 0 Å². The second-order valence-electron chi connectivity index (χ2n) is 6.80. The Morgan fingerprint density at radius 1 is 1.33 bits per heavy atom. The molecule has 1 N–H and O–H groups in total. The molecule has 0 amide bonds. The van der Waals surface area contributed by atoms with E-state index in [0.717, 1.165) is 39.0 Å².